The molecule has 106 valence electrons. The quantitative estimate of drug-likeness (QED) is 0.469. The van der Waals surface area contributed by atoms with Gasteiger partial charge in [0.2, 0.25) is 15.7 Å². The van der Waals surface area contributed by atoms with Gasteiger partial charge in [0.25, 0.3) is 0 Å². The van der Waals surface area contributed by atoms with E-state index in [9.17, 15) is 0 Å². The summed E-state index contributed by atoms with van der Waals surface area (Å²) in [6.07, 6.45) is 1.37. The van der Waals surface area contributed by atoms with Gasteiger partial charge < -0.3 is 9.80 Å². The third kappa shape index (κ3) is 3.49. The minimum atomic E-state index is -1.43. The Morgan fingerprint density at radius 2 is 2.11 bits per heavy atom. The summed E-state index contributed by atoms with van der Waals surface area (Å²) in [4.78, 5) is 16.1. The zero-order chi connectivity index (χ0) is 14.0. The van der Waals surface area contributed by atoms with Crippen LogP contribution in [0.4, 0.5) is 11.9 Å². The number of hydrogen-bond donors (Lipinski definition) is 2. The number of alkyl halides is 3. The lowest BCUT2D eigenvalue weighted by molar-refractivity contribution is 0.266. The Balaban J connectivity index is 2.29. The molecule has 0 aliphatic carbocycles. The molecule has 0 amide bonds. The lowest BCUT2D eigenvalue weighted by atomic mass is 10.2. The van der Waals surface area contributed by atoms with Crippen LogP contribution in [0.15, 0.2) is 6.33 Å². The van der Waals surface area contributed by atoms with Gasteiger partial charge in [-0.05, 0) is 7.05 Å². The van der Waals surface area contributed by atoms with Crippen LogP contribution in [0.2, 0.25) is 0 Å². The highest BCUT2D eigenvalue weighted by molar-refractivity contribution is 6.68. The Bertz CT molecular complexity index is 438. The number of nitrogens with zero attached hydrogens (tertiary/aromatic N) is 5. The summed E-state index contributed by atoms with van der Waals surface area (Å²) >= 11 is 18.1. The van der Waals surface area contributed by atoms with E-state index in [4.69, 9.17) is 40.6 Å². The molecule has 1 atom stereocenters. The third-order valence-corrected chi connectivity index (χ3v) is 3.66. The summed E-state index contributed by atoms with van der Waals surface area (Å²) in [5.74, 6) is 5.99. The largest absolute Gasteiger partial charge is 0.331 e. The molecule has 1 unspecified atom stereocenters. The molecule has 0 spiro atoms. The third-order valence-electron chi connectivity index (χ3n) is 2.91. The predicted octanol–water partition coefficient (Wildman–Crippen LogP) is 0.648. The normalized spacial score (nSPS) is 21.5. The molecule has 0 saturated carbocycles. The Hall–Kier alpha value is -0.600. The molecule has 1 aliphatic heterocycles. The zero-order valence-electron chi connectivity index (χ0n) is 10.2. The SMILES string of the molecule is CN1CCN(c2ncnc(NN)n2)C(C(Cl)(Cl)Cl)C1. The van der Waals surface area contributed by atoms with Crippen molar-refractivity contribution in [2.75, 3.05) is 37.0 Å². The van der Waals surface area contributed by atoms with E-state index in [2.05, 4.69) is 25.3 Å². The molecule has 19 heavy (non-hydrogen) atoms. The summed E-state index contributed by atoms with van der Waals surface area (Å²) < 4.78 is -1.43. The van der Waals surface area contributed by atoms with Gasteiger partial charge in [0.05, 0.1) is 6.04 Å². The first-order chi connectivity index (χ1) is 8.91. The van der Waals surface area contributed by atoms with Crippen molar-refractivity contribution in [2.45, 2.75) is 9.83 Å². The van der Waals surface area contributed by atoms with Crippen LogP contribution in [0, 0.1) is 0 Å². The topological polar surface area (TPSA) is 83.2 Å². The maximum atomic E-state index is 6.05. The van der Waals surface area contributed by atoms with Gasteiger partial charge >= 0.3 is 0 Å². The van der Waals surface area contributed by atoms with Crippen LogP contribution in [0.3, 0.4) is 0 Å². The number of anilines is 2. The molecular weight excluding hydrogens is 313 g/mol. The second-order valence-corrected chi connectivity index (χ2v) is 6.64. The molecule has 2 rings (SSSR count). The number of nitrogen functional groups attached to an aromatic ring is 1. The fourth-order valence-electron chi connectivity index (χ4n) is 1.93. The number of nitrogens with two attached hydrogens (primary N) is 1. The predicted molar refractivity (Wildman–Crippen MR) is 76.6 cm³/mol. The van der Waals surface area contributed by atoms with Crippen LogP contribution in [0.25, 0.3) is 0 Å². The first kappa shape index (κ1) is 14.8. The minimum absolute atomic E-state index is 0.270. The van der Waals surface area contributed by atoms with Gasteiger partial charge in [-0.1, -0.05) is 34.8 Å². The molecule has 2 heterocycles. The summed E-state index contributed by atoms with van der Waals surface area (Å²) in [5, 5.41) is 0. The van der Waals surface area contributed by atoms with Gasteiger partial charge in [-0.25, -0.2) is 15.8 Å². The minimum Gasteiger partial charge on any atom is -0.331 e. The van der Waals surface area contributed by atoms with Crippen molar-refractivity contribution in [1.29, 1.82) is 0 Å². The van der Waals surface area contributed by atoms with Crippen LogP contribution < -0.4 is 16.2 Å². The fraction of sp³-hybridized carbons (Fsp3) is 0.667. The molecule has 0 bridgehead atoms. The molecule has 1 aliphatic rings. The van der Waals surface area contributed by atoms with E-state index in [1.807, 2.05) is 11.9 Å². The molecule has 10 heteroatoms. The molecule has 7 nitrogen and oxygen atoms in total. The Labute approximate surface area is 126 Å². The molecule has 1 aromatic heterocycles. The Morgan fingerprint density at radius 1 is 1.37 bits per heavy atom. The molecule has 1 fully saturated rings. The van der Waals surface area contributed by atoms with E-state index in [1.165, 1.54) is 6.33 Å². The number of piperazine rings is 1. The number of aromatic nitrogens is 3. The molecule has 0 radical (unpaired) electrons. The second-order valence-electron chi connectivity index (χ2n) is 4.27. The van der Waals surface area contributed by atoms with Crippen LogP contribution in [0.5, 0.6) is 0 Å². The van der Waals surface area contributed by atoms with Crippen molar-refractivity contribution in [3.8, 4) is 0 Å². The highest BCUT2D eigenvalue weighted by Crippen LogP contribution is 2.36. The van der Waals surface area contributed by atoms with Crippen molar-refractivity contribution in [1.82, 2.24) is 19.9 Å². The van der Waals surface area contributed by atoms with Crippen molar-refractivity contribution in [2.24, 2.45) is 5.84 Å². The summed E-state index contributed by atoms with van der Waals surface area (Å²) in [6.45, 7) is 2.09. The molecular formula is C9H14Cl3N7. The van der Waals surface area contributed by atoms with Gasteiger partial charge in [-0.15, -0.1) is 0 Å². The lowest BCUT2D eigenvalue weighted by Crippen LogP contribution is -2.57. The average Bonchev–Trinajstić information content (AvgIpc) is 2.37. The van der Waals surface area contributed by atoms with E-state index in [0.29, 0.717) is 19.0 Å². The zero-order valence-corrected chi connectivity index (χ0v) is 12.5. The Kier molecular flexibility index (Phi) is 4.52. The smallest absolute Gasteiger partial charge is 0.241 e. The van der Waals surface area contributed by atoms with Gasteiger partial charge in [0.1, 0.15) is 6.33 Å². The summed E-state index contributed by atoms with van der Waals surface area (Å²) in [6, 6.07) is -0.343. The number of rotatable bonds is 2. The van der Waals surface area contributed by atoms with E-state index in [0.717, 1.165) is 6.54 Å². The molecule has 3 N–H and O–H groups in total. The van der Waals surface area contributed by atoms with E-state index >= 15 is 0 Å². The number of likely N-dealkylation sites (N-methyl/N-ethyl adjacent to an activating group) is 1. The maximum Gasteiger partial charge on any atom is 0.241 e. The highest BCUT2D eigenvalue weighted by atomic mass is 35.6. The van der Waals surface area contributed by atoms with Crippen LogP contribution in [-0.4, -0.2) is 56.4 Å². The number of hydrogen-bond acceptors (Lipinski definition) is 7. The first-order valence-corrected chi connectivity index (χ1v) is 6.72. The molecule has 0 aromatic carbocycles. The van der Waals surface area contributed by atoms with Gasteiger partial charge in [0, 0.05) is 19.6 Å². The fourth-order valence-corrected chi connectivity index (χ4v) is 2.49. The first-order valence-electron chi connectivity index (χ1n) is 5.59. The van der Waals surface area contributed by atoms with Crippen molar-refractivity contribution in [3.05, 3.63) is 6.33 Å². The van der Waals surface area contributed by atoms with Crippen LogP contribution in [-0.2, 0) is 0 Å². The number of hydrazine groups is 1. The van der Waals surface area contributed by atoms with Gasteiger partial charge in [-0.2, -0.15) is 4.98 Å². The molecule has 1 saturated heterocycles. The second kappa shape index (κ2) is 5.80. The van der Waals surface area contributed by atoms with Gasteiger partial charge in [0.15, 0.2) is 0 Å². The highest BCUT2D eigenvalue weighted by Gasteiger charge is 2.41. The van der Waals surface area contributed by atoms with Gasteiger partial charge in [-0.3, -0.25) is 5.43 Å². The monoisotopic (exact) mass is 325 g/mol. The molecule has 1 aromatic rings. The Morgan fingerprint density at radius 3 is 2.74 bits per heavy atom. The van der Waals surface area contributed by atoms with Crippen molar-refractivity contribution < 1.29 is 0 Å². The summed E-state index contributed by atoms with van der Waals surface area (Å²) in [5.41, 5.74) is 2.37. The van der Waals surface area contributed by atoms with Crippen LogP contribution >= 0.6 is 34.8 Å². The van der Waals surface area contributed by atoms with Crippen molar-refractivity contribution in [3.63, 3.8) is 0 Å². The van der Waals surface area contributed by atoms with E-state index in [-0.39, 0.29) is 12.0 Å². The maximum absolute atomic E-state index is 6.05. The number of halogens is 3. The van der Waals surface area contributed by atoms with E-state index in [1.54, 1.807) is 0 Å². The number of nitrogens with one attached hydrogen (secondary N) is 1. The van der Waals surface area contributed by atoms with Crippen LogP contribution in [0.1, 0.15) is 0 Å². The summed E-state index contributed by atoms with van der Waals surface area (Å²) in [7, 11) is 1.97. The average molecular weight is 327 g/mol. The van der Waals surface area contributed by atoms with E-state index < -0.39 is 3.79 Å². The standard InChI is InChI=1S/C9H14Cl3N7/c1-18-2-3-19(6(4-18)9(10,11)12)8-15-5-14-7(16-8)17-13/h5-6H,2-4,13H2,1H3,(H,14,15,16,17). The lowest BCUT2D eigenvalue weighted by Gasteiger charge is -2.42. The van der Waals surface area contributed by atoms with Crippen molar-refractivity contribution >= 4 is 46.7 Å².